The summed E-state index contributed by atoms with van der Waals surface area (Å²) in [6.07, 6.45) is 1.95. The Balaban J connectivity index is 3.87. The molecule has 0 aromatic rings. The molecule has 0 saturated heterocycles. The number of amides is 1. The van der Waals surface area contributed by atoms with E-state index in [9.17, 15) is 13.6 Å². The second-order valence-electron chi connectivity index (χ2n) is 3.73. The first-order valence-electron chi connectivity index (χ1n) is 5.73. The Hall–Kier alpha value is -0.190. The number of hydrogen-bond donors (Lipinski definition) is 0. The van der Waals surface area contributed by atoms with Crippen LogP contribution in [0.5, 0.6) is 0 Å². The normalized spacial score (nSPS) is 10.8. The third kappa shape index (κ3) is 8.02. The highest BCUT2D eigenvalue weighted by molar-refractivity contribution is 9.09. The molecule has 0 atom stereocenters. The molecule has 0 bridgehead atoms. The number of hydrogen-bond acceptors (Lipinski definition) is 1. The summed E-state index contributed by atoms with van der Waals surface area (Å²) in [4.78, 5) is 12.8. The number of carbonyl (C=O) groups excluding carboxylic acids is 1. The Morgan fingerprint density at radius 2 is 2.00 bits per heavy atom. The molecule has 2 nitrogen and oxygen atoms in total. The van der Waals surface area contributed by atoms with Crippen molar-refractivity contribution in [1.82, 2.24) is 4.90 Å². The molecule has 96 valence electrons. The number of carbonyl (C=O) groups is 1. The van der Waals surface area contributed by atoms with Gasteiger partial charge >= 0.3 is 0 Å². The highest BCUT2D eigenvalue weighted by Gasteiger charge is 2.16. The number of alkyl halides is 3. The van der Waals surface area contributed by atoms with Crippen LogP contribution < -0.4 is 0 Å². The van der Waals surface area contributed by atoms with Crippen molar-refractivity contribution >= 4 is 21.8 Å². The van der Waals surface area contributed by atoms with Crippen molar-refractivity contribution in [1.29, 1.82) is 0 Å². The third-order valence-corrected chi connectivity index (χ3v) is 2.66. The van der Waals surface area contributed by atoms with E-state index in [1.165, 1.54) is 4.90 Å². The van der Waals surface area contributed by atoms with Gasteiger partial charge < -0.3 is 4.90 Å². The monoisotopic (exact) mass is 299 g/mol. The van der Waals surface area contributed by atoms with E-state index >= 15 is 0 Å². The summed E-state index contributed by atoms with van der Waals surface area (Å²) in [6, 6.07) is 0. The van der Waals surface area contributed by atoms with E-state index in [0.717, 1.165) is 25.7 Å². The number of unbranched alkanes of at least 4 members (excludes halogenated alkanes) is 3. The van der Waals surface area contributed by atoms with Gasteiger partial charge in [0, 0.05) is 18.3 Å². The minimum atomic E-state index is -2.45. The summed E-state index contributed by atoms with van der Waals surface area (Å²) in [5.74, 6) is -0.157. The van der Waals surface area contributed by atoms with Crippen LogP contribution in [0.1, 0.15) is 39.0 Å². The standard InChI is InChI=1S/C11H20BrF2NO/c1-2-3-4-5-6-11(16)15(8-7-12)9-10(13)14/h10H,2-9H2,1H3. The van der Waals surface area contributed by atoms with E-state index in [1.807, 2.05) is 0 Å². The molecule has 0 aliphatic carbocycles. The van der Waals surface area contributed by atoms with E-state index < -0.39 is 13.0 Å². The zero-order chi connectivity index (χ0) is 12.4. The molecule has 0 aliphatic rings. The molecule has 0 aromatic carbocycles. The molecule has 16 heavy (non-hydrogen) atoms. The van der Waals surface area contributed by atoms with Gasteiger partial charge in [-0.05, 0) is 6.42 Å². The maximum Gasteiger partial charge on any atom is 0.255 e. The molecule has 0 aromatic heterocycles. The Bertz CT molecular complexity index is 191. The van der Waals surface area contributed by atoms with Crippen LogP contribution in [0.2, 0.25) is 0 Å². The van der Waals surface area contributed by atoms with Gasteiger partial charge in [0.15, 0.2) is 0 Å². The minimum Gasteiger partial charge on any atom is -0.336 e. The zero-order valence-corrected chi connectivity index (χ0v) is 11.3. The first-order valence-corrected chi connectivity index (χ1v) is 6.85. The molecule has 5 heteroatoms. The van der Waals surface area contributed by atoms with Gasteiger partial charge in [-0.25, -0.2) is 8.78 Å². The Morgan fingerprint density at radius 1 is 1.31 bits per heavy atom. The Kier molecular flexibility index (Phi) is 9.88. The average Bonchev–Trinajstić information content (AvgIpc) is 2.23. The fourth-order valence-electron chi connectivity index (χ4n) is 1.45. The molecule has 0 unspecified atom stereocenters. The summed E-state index contributed by atoms with van der Waals surface area (Å²) < 4.78 is 24.4. The first-order chi connectivity index (χ1) is 7.61. The second-order valence-corrected chi connectivity index (χ2v) is 4.52. The third-order valence-electron chi connectivity index (χ3n) is 2.31. The van der Waals surface area contributed by atoms with E-state index in [2.05, 4.69) is 22.9 Å². The van der Waals surface area contributed by atoms with Gasteiger partial charge in [0.1, 0.15) is 0 Å². The van der Waals surface area contributed by atoms with Crippen LogP contribution in [0.3, 0.4) is 0 Å². The fourth-order valence-corrected chi connectivity index (χ4v) is 1.88. The molecule has 0 radical (unpaired) electrons. The molecular weight excluding hydrogens is 280 g/mol. The largest absolute Gasteiger partial charge is 0.336 e. The van der Waals surface area contributed by atoms with Crippen LogP contribution >= 0.6 is 15.9 Å². The van der Waals surface area contributed by atoms with E-state index in [1.54, 1.807) is 0 Å². The highest BCUT2D eigenvalue weighted by atomic mass is 79.9. The fraction of sp³-hybridized carbons (Fsp3) is 0.909. The molecular formula is C11H20BrF2NO. The molecule has 0 spiro atoms. The van der Waals surface area contributed by atoms with Gasteiger partial charge in [0.25, 0.3) is 6.43 Å². The van der Waals surface area contributed by atoms with Crippen molar-refractivity contribution in [2.45, 2.75) is 45.5 Å². The van der Waals surface area contributed by atoms with Crippen LogP contribution in [0.15, 0.2) is 0 Å². The molecule has 0 heterocycles. The molecule has 0 N–H and O–H groups in total. The second kappa shape index (κ2) is 10.00. The molecule has 0 aliphatic heterocycles. The zero-order valence-electron chi connectivity index (χ0n) is 9.72. The maximum absolute atomic E-state index is 12.2. The molecule has 0 rings (SSSR count). The summed E-state index contributed by atoms with van der Waals surface area (Å²) in [5.41, 5.74) is 0. The predicted octanol–water partition coefficient (Wildman–Crippen LogP) is 3.45. The van der Waals surface area contributed by atoms with Gasteiger partial charge in [-0.2, -0.15) is 0 Å². The average molecular weight is 300 g/mol. The van der Waals surface area contributed by atoms with E-state index in [4.69, 9.17) is 0 Å². The van der Waals surface area contributed by atoms with Crippen LogP contribution in [0, 0.1) is 0 Å². The SMILES string of the molecule is CCCCCCC(=O)N(CCBr)CC(F)F. The van der Waals surface area contributed by atoms with Crippen molar-refractivity contribution in [2.75, 3.05) is 18.4 Å². The quantitative estimate of drug-likeness (QED) is 0.472. The first kappa shape index (κ1) is 15.8. The molecule has 0 saturated carbocycles. The summed E-state index contributed by atoms with van der Waals surface area (Å²) in [7, 11) is 0. The molecule has 0 fully saturated rings. The van der Waals surface area contributed by atoms with E-state index in [0.29, 0.717) is 18.3 Å². The van der Waals surface area contributed by atoms with Crippen LogP contribution in [0.4, 0.5) is 8.78 Å². The van der Waals surface area contributed by atoms with Gasteiger partial charge in [0.2, 0.25) is 5.91 Å². The Morgan fingerprint density at radius 3 is 2.50 bits per heavy atom. The maximum atomic E-state index is 12.2. The van der Waals surface area contributed by atoms with Crippen molar-refractivity contribution in [3.8, 4) is 0 Å². The van der Waals surface area contributed by atoms with Crippen molar-refractivity contribution in [2.24, 2.45) is 0 Å². The van der Waals surface area contributed by atoms with Gasteiger partial charge in [0.05, 0.1) is 6.54 Å². The lowest BCUT2D eigenvalue weighted by Gasteiger charge is -2.21. The minimum absolute atomic E-state index is 0.157. The lowest BCUT2D eigenvalue weighted by Crippen LogP contribution is -2.36. The lowest BCUT2D eigenvalue weighted by molar-refractivity contribution is -0.132. The van der Waals surface area contributed by atoms with E-state index in [-0.39, 0.29) is 5.91 Å². The van der Waals surface area contributed by atoms with Crippen molar-refractivity contribution in [3.63, 3.8) is 0 Å². The van der Waals surface area contributed by atoms with Gasteiger partial charge in [-0.1, -0.05) is 42.1 Å². The number of nitrogens with zero attached hydrogens (tertiary/aromatic N) is 1. The van der Waals surface area contributed by atoms with Crippen LogP contribution in [-0.4, -0.2) is 35.7 Å². The summed E-state index contributed by atoms with van der Waals surface area (Å²) in [5, 5.41) is 0.542. The van der Waals surface area contributed by atoms with Crippen molar-refractivity contribution in [3.05, 3.63) is 0 Å². The van der Waals surface area contributed by atoms with Gasteiger partial charge in [-0.15, -0.1) is 0 Å². The van der Waals surface area contributed by atoms with Crippen LogP contribution in [-0.2, 0) is 4.79 Å². The summed E-state index contributed by atoms with van der Waals surface area (Å²) >= 11 is 3.16. The van der Waals surface area contributed by atoms with Gasteiger partial charge in [-0.3, -0.25) is 4.79 Å². The topological polar surface area (TPSA) is 20.3 Å². The van der Waals surface area contributed by atoms with Crippen LogP contribution in [0.25, 0.3) is 0 Å². The summed E-state index contributed by atoms with van der Waals surface area (Å²) in [6.45, 7) is 2.00. The predicted molar refractivity (Wildman–Crippen MR) is 65.1 cm³/mol. The molecule has 1 amide bonds. The highest BCUT2D eigenvalue weighted by Crippen LogP contribution is 2.07. The lowest BCUT2D eigenvalue weighted by atomic mass is 10.1. The smallest absolute Gasteiger partial charge is 0.255 e. The van der Waals surface area contributed by atoms with Crippen molar-refractivity contribution < 1.29 is 13.6 Å². The number of rotatable bonds is 9. The number of halogens is 3. The Labute approximate surface area is 105 Å².